The van der Waals surface area contributed by atoms with Gasteiger partial charge in [-0.3, -0.25) is 9.59 Å². The summed E-state index contributed by atoms with van der Waals surface area (Å²) >= 11 is 0. The Labute approximate surface area is 162 Å². The van der Waals surface area contributed by atoms with Gasteiger partial charge in [-0.15, -0.1) is 0 Å². The van der Waals surface area contributed by atoms with Crippen LogP contribution in [0.3, 0.4) is 0 Å². The molecule has 0 fully saturated rings. The summed E-state index contributed by atoms with van der Waals surface area (Å²) in [5, 5.41) is 2.75. The van der Waals surface area contributed by atoms with Crippen molar-refractivity contribution in [2.24, 2.45) is 5.73 Å². The molecule has 3 N–H and O–H groups in total. The molecule has 3 rings (SSSR count). The summed E-state index contributed by atoms with van der Waals surface area (Å²) < 4.78 is 5.40. The van der Waals surface area contributed by atoms with Crippen LogP contribution < -0.4 is 15.8 Å². The number of hydrogen-bond acceptors (Lipinski definition) is 5. The van der Waals surface area contributed by atoms with Gasteiger partial charge in [0.15, 0.2) is 12.4 Å². The summed E-state index contributed by atoms with van der Waals surface area (Å²) in [5.74, 6) is 0.256. The Morgan fingerprint density at radius 2 is 1.68 bits per heavy atom. The van der Waals surface area contributed by atoms with Crippen molar-refractivity contribution in [3.8, 4) is 17.1 Å². The number of nitrogens with zero attached hydrogens (tertiary/aromatic N) is 2. The molecule has 3 aromatic rings. The maximum atomic E-state index is 12.0. The first-order valence-corrected chi connectivity index (χ1v) is 8.79. The van der Waals surface area contributed by atoms with Gasteiger partial charge in [0.25, 0.3) is 11.8 Å². The fraction of sp³-hybridized carbons (Fsp3) is 0.143. The molecule has 7 heteroatoms. The minimum Gasteiger partial charge on any atom is -0.484 e. The predicted molar refractivity (Wildman–Crippen MR) is 105 cm³/mol. The molecule has 7 nitrogen and oxygen atoms in total. The van der Waals surface area contributed by atoms with Crippen LogP contribution in [0.4, 0.5) is 0 Å². The molecule has 1 heterocycles. The molecule has 0 saturated heterocycles. The van der Waals surface area contributed by atoms with Crippen LogP contribution in [-0.2, 0) is 11.2 Å². The van der Waals surface area contributed by atoms with E-state index in [0.717, 1.165) is 5.56 Å². The van der Waals surface area contributed by atoms with E-state index >= 15 is 0 Å². The van der Waals surface area contributed by atoms with Gasteiger partial charge in [-0.1, -0.05) is 48.5 Å². The average molecular weight is 376 g/mol. The summed E-state index contributed by atoms with van der Waals surface area (Å²) in [6.45, 7) is 0.203. The van der Waals surface area contributed by atoms with Crippen molar-refractivity contribution in [1.82, 2.24) is 15.3 Å². The number of nitrogens with one attached hydrogen (secondary N) is 1. The molecule has 0 bridgehead atoms. The van der Waals surface area contributed by atoms with Gasteiger partial charge in [0.05, 0.1) is 11.3 Å². The Bertz CT molecular complexity index is 946. The Kier molecular flexibility index (Phi) is 6.30. The lowest BCUT2D eigenvalue weighted by atomic mass is 10.1. The number of nitrogens with two attached hydrogens (primary N) is 1. The van der Waals surface area contributed by atoms with Gasteiger partial charge in [-0.2, -0.15) is 0 Å². The van der Waals surface area contributed by atoms with Crippen LogP contribution in [0.15, 0.2) is 66.9 Å². The smallest absolute Gasteiger partial charge is 0.257 e. The molecule has 28 heavy (non-hydrogen) atoms. The van der Waals surface area contributed by atoms with Crippen molar-refractivity contribution in [2.75, 3.05) is 13.2 Å². The molecule has 0 unspecified atom stereocenters. The van der Waals surface area contributed by atoms with Crippen LogP contribution in [0.1, 0.15) is 16.1 Å². The molecule has 0 aliphatic heterocycles. The standard InChI is InChI=1S/C21H20N4O3/c22-20(27)17-13-24-21(15-7-3-1-4-8-15)25-18(17)11-12-23-19(26)14-28-16-9-5-2-6-10-16/h1-10,13H,11-12,14H2,(H2,22,27)(H,23,26). The third-order valence-corrected chi connectivity index (χ3v) is 3.96. The van der Waals surface area contributed by atoms with Crippen LogP contribution >= 0.6 is 0 Å². The zero-order valence-corrected chi connectivity index (χ0v) is 15.2. The van der Waals surface area contributed by atoms with Crippen molar-refractivity contribution < 1.29 is 14.3 Å². The fourth-order valence-corrected chi connectivity index (χ4v) is 2.58. The Morgan fingerprint density at radius 1 is 1.00 bits per heavy atom. The molecule has 0 radical (unpaired) electrons. The molecule has 0 aliphatic carbocycles. The lowest BCUT2D eigenvalue weighted by Crippen LogP contribution is -2.31. The van der Waals surface area contributed by atoms with E-state index in [1.54, 1.807) is 12.1 Å². The van der Waals surface area contributed by atoms with Crippen molar-refractivity contribution >= 4 is 11.8 Å². The number of carbonyl (C=O) groups is 2. The maximum absolute atomic E-state index is 12.0. The van der Waals surface area contributed by atoms with Gasteiger partial charge in [0.2, 0.25) is 0 Å². The number of amides is 2. The summed E-state index contributed by atoms with van der Waals surface area (Å²) in [4.78, 5) is 32.3. The van der Waals surface area contributed by atoms with E-state index in [1.807, 2.05) is 48.5 Å². The number of rotatable bonds is 8. The van der Waals surface area contributed by atoms with Gasteiger partial charge in [-0.05, 0) is 12.1 Å². The van der Waals surface area contributed by atoms with Crippen molar-refractivity contribution in [1.29, 1.82) is 0 Å². The maximum Gasteiger partial charge on any atom is 0.257 e. The zero-order valence-electron chi connectivity index (χ0n) is 15.2. The van der Waals surface area contributed by atoms with Crippen LogP contribution in [0.5, 0.6) is 5.75 Å². The van der Waals surface area contributed by atoms with Gasteiger partial charge >= 0.3 is 0 Å². The summed E-state index contributed by atoms with van der Waals surface area (Å²) in [6, 6.07) is 18.5. The van der Waals surface area contributed by atoms with Gasteiger partial charge in [0, 0.05) is 24.7 Å². The summed E-state index contributed by atoms with van der Waals surface area (Å²) in [7, 11) is 0. The molecule has 0 atom stereocenters. The molecular formula is C21H20N4O3. The van der Waals surface area contributed by atoms with Crippen molar-refractivity contribution in [3.05, 3.63) is 78.1 Å². The third kappa shape index (κ3) is 5.14. The second-order valence-corrected chi connectivity index (χ2v) is 5.99. The highest BCUT2D eigenvalue weighted by Gasteiger charge is 2.13. The van der Waals surface area contributed by atoms with Crippen molar-refractivity contribution in [2.45, 2.75) is 6.42 Å². The number of hydrogen-bond donors (Lipinski definition) is 2. The highest BCUT2D eigenvalue weighted by Crippen LogP contribution is 2.16. The molecule has 0 aliphatic rings. The topological polar surface area (TPSA) is 107 Å². The number of para-hydroxylation sites is 1. The van der Waals surface area contributed by atoms with E-state index in [-0.39, 0.29) is 18.1 Å². The normalized spacial score (nSPS) is 10.3. The van der Waals surface area contributed by atoms with E-state index in [1.165, 1.54) is 6.20 Å². The molecule has 0 spiro atoms. The number of primary amides is 1. The molecule has 142 valence electrons. The Morgan fingerprint density at radius 3 is 2.36 bits per heavy atom. The summed E-state index contributed by atoms with van der Waals surface area (Å²) in [6.07, 6.45) is 1.77. The molecule has 0 saturated carbocycles. The van der Waals surface area contributed by atoms with Gasteiger partial charge < -0.3 is 15.8 Å². The lowest BCUT2D eigenvalue weighted by molar-refractivity contribution is -0.123. The highest BCUT2D eigenvalue weighted by molar-refractivity contribution is 5.93. The predicted octanol–water partition coefficient (Wildman–Crippen LogP) is 1.98. The van der Waals surface area contributed by atoms with E-state index < -0.39 is 5.91 Å². The largest absolute Gasteiger partial charge is 0.484 e. The van der Waals surface area contributed by atoms with Gasteiger partial charge in [-0.25, -0.2) is 9.97 Å². The first kappa shape index (κ1) is 19.0. The molecule has 1 aromatic heterocycles. The minimum absolute atomic E-state index is 0.0915. The average Bonchev–Trinajstić information content (AvgIpc) is 2.73. The monoisotopic (exact) mass is 376 g/mol. The number of ether oxygens (including phenoxy) is 1. The second kappa shape index (κ2) is 9.27. The summed E-state index contributed by atoms with van der Waals surface area (Å²) in [5.41, 5.74) is 6.99. The molecule has 2 aromatic carbocycles. The fourth-order valence-electron chi connectivity index (χ4n) is 2.58. The third-order valence-electron chi connectivity index (χ3n) is 3.96. The zero-order chi connectivity index (χ0) is 19.8. The molecular weight excluding hydrogens is 356 g/mol. The highest BCUT2D eigenvalue weighted by atomic mass is 16.5. The van der Waals surface area contributed by atoms with Crippen LogP contribution in [0.25, 0.3) is 11.4 Å². The first-order valence-electron chi connectivity index (χ1n) is 8.79. The number of aromatic nitrogens is 2. The number of carbonyl (C=O) groups excluding carboxylic acids is 2. The minimum atomic E-state index is -0.603. The van der Waals surface area contributed by atoms with Crippen LogP contribution in [-0.4, -0.2) is 34.9 Å². The van der Waals surface area contributed by atoms with E-state index in [2.05, 4.69) is 15.3 Å². The SMILES string of the molecule is NC(=O)c1cnc(-c2ccccc2)nc1CCNC(=O)COc1ccccc1. The van der Waals surface area contributed by atoms with E-state index in [0.29, 0.717) is 30.2 Å². The Hall–Kier alpha value is -3.74. The van der Waals surface area contributed by atoms with Gasteiger partial charge in [0.1, 0.15) is 5.75 Å². The van der Waals surface area contributed by atoms with E-state index in [9.17, 15) is 9.59 Å². The first-order chi connectivity index (χ1) is 13.6. The Balaban J connectivity index is 1.61. The second-order valence-electron chi connectivity index (χ2n) is 5.99. The number of benzene rings is 2. The van der Waals surface area contributed by atoms with Crippen molar-refractivity contribution in [3.63, 3.8) is 0 Å². The van der Waals surface area contributed by atoms with Crippen LogP contribution in [0, 0.1) is 0 Å². The van der Waals surface area contributed by atoms with E-state index in [4.69, 9.17) is 10.5 Å². The lowest BCUT2D eigenvalue weighted by Gasteiger charge is -2.10. The van der Waals surface area contributed by atoms with Crippen LogP contribution in [0.2, 0.25) is 0 Å². The quantitative estimate of drug-likeness (QED) is 0.625. The molecule has 2 amide bonds.